The number of halogens is 1. The molecular weight excluding hydrogens is 272 g/mol. The summed E-state index contributed by atoms with van der Waals surface area (Å²) in [5.41, 5.74) is 0.641. The molecule has 0 saturated carbocycles. The molecule has 1 aliphatic heterocycles. The summed E-state index contributed by atoms with van der Waals surface area (Å²) in [6.45, 7) is 2.69. The van der Waals surface area contributed by atoms with Gasteiger partial charge in [0.25, 0.3) is 0 Å². The number of carboxylic acid groups (broad SMARTS) is 1. The van der Waals surface area contributed by atoms with Crippen molar-refractivity contribution in [1.29, 1.82) is 0 Å². The monoisotopic (exact) mass is 284 g/mol. The minimum atomic E-state index is -0.779. The van der Waals surface area contributed by atoms with Gasteiger partial charge in [0.05, 0.1) is 24.5 Å². The quantitative estimate of drug-likeness (QED) is 0.927. The number of aliphatic carboxylic acids is 1. The van der Waals surface area contributed by atoms with Crippen molar-refractivity contribution in [2.24, 2.45) is 5.92 Å². The fourth-order valence-electron chi connectivity index (χ4n) is 2.06. The van der Waals surface area contributed by atoms with Crippen LogP contribution in [0.15, 0.2) is 28.7 Å². The van der Waals surface area contributed by atoms with Crippen molar-refractivity contribution in [2.75, 3.05) is 13.2 Å². The molecular formula is C12H13BrO3. The van der Waals surface area contributed by atoms with Crippen molar-refractivity contribution >= 4 is 21.9 Å². The van der Waals surface area contributed by atoms with Gasteiger partial charge in [0.1, 0.15) is 0 Å². The van der Waals surface area contributed by atoms with E-state index in [9.17, 15) is 4.79 Å². The maximum atomic E-state index is 11.2. The van der Waals surface area contributed by atoms with E-state index in [1.54, 1.807) is 6.92 Å². The lowest BCUT2D eigenvalue weighted by atomic mass is 9.69. The van der Waals surface area contributed by atoms with Crippen LogP contribution in [0.25, 0.3) is 0 Å². The molecule has 86 valence electrons. The number of benzene rings is 1. The van der Waals surface area contributed by atoms with Crippen LogP contribution in [0.3, 0.4) is 0 Å². The second-order valence-electron chi connectivity index (χ2n) is 4.19. The van der Waals surface area contributed by atoms with Crippen LogP contribution in [0.2, 0.25) is 0 Å². The number of ether oxygens (including phenoxy) is 1. The van der Waals surface area contributed by atoms with Crippen molar-refractivity contribution in [3.8, 4) is 0 Å². The van der Waals surface area contributed by atoms with Crippen molar-refractivity contribution in [2.45, 2.75) is 12.3 Å². The third-order valence-corrected chi connectivity index (χ3v) is 4.02. The normalized spacial score (nSPS) is 19.9. The molecule has 4 heteroatoms. The van der Waals surface area contributed by atoms with Gasteiger partial charge in [-0.05, 0) is 11.6 Å². The number of hydrogen-bond donors (Lipinski definition) is 1. The van der Waals surface area contributed by atoms with Crippen LogP contribution in [0.5, 0.6) is 0 Å². The summed E-state index contributed by atoms with van der Waals surface area (Å²) in [4.78, 5) is 11.2. The summed E-state index contributed by atoms with van der Waals surface area (Å²) >= 11 is 3.48. The van der Waals surface area contributed by atoms with Gasteiger partial charge in [-0.2, -0.15) is 0 Å². The summed E-state index contributed by atoms with van der Waals surface area (Å²) in [6.07, 6.45) is 0. The van der Waals surface area contributed by atoms with Crippen molar-refractivity contribution < 1.29 is 14.6 Å². The zero-order chi connectivity index (χ0) is 11.8. The maximum absolute atomic E-state index is 11.2. The lowest BCUT2D eigenvalue weighted by Crippen LogP contribution is -2.54. The largest absolute Gasteiger partial charge is 0.481 e. The van der Waals surface area contributed by atoms with Gasteiger partial charge in [0, 0.05) is 4.47 Å². The number of carbonyl (C=O) groups is 1. The number of rotatable bonds is 3. The molecule has 0 spiro atoms. The minimum absolute atomic E-state index is 0.383. The molecule has 0 aromatic heterocycles. The first-order valence-corrected chi connectivity index (χ1v) is 5.93. The van der Waals surface area contributed by atoms with Crippen LogP contribution >= 0.6 is 15.9 Å². The predicted octanol–water partition coefficient (Wildman–Crippen LogP) is 2.44. The van der Waals surface area contributed by atoms with Crippen molar-refractivity contribution in [1.82, 2.24) is 0 Å². The Morgan fingerprint density at radius 3 is 2.56 bits per heavy atom. The molecule has 1 atom stereocenters. The van der Waals surface area contributed by atoms with Crippen LogP contribution in [0, 0.1) is 5.92 Å². The Morgan fingerprint density at radius 2 is 2.12 bits per heavy atom. The second-order valence-corrected chi connectivity index (χ2v) is 5.04. The smallest absolute Gasteiger partial charge is 0.307 e. The lowest BCUT2D eigenvalue weighted by Gasteiger charge is -2.45. The Hall–Kier alpha value is -0.870. The SMILES string of the molecule is CC(C(=O)O)C1(c2ccccc2Br)COC1. The summed E-state index contributed by atoms with van der Waals surface area (Å²) in [7, 11) is 0. The molecule has 3 nitrogen and oxygen atoms in total. The van der Waals surface area contributed by atoms with E-state index in [1.165, 1.54) is 0 Å². The first-order chi connectivity index (χ1) is 7.58. The Bertz CT molecular complexity index is 412. The van der Waals surface area contributed by atoms with E-state index in [0.29, 0.717) is 13.2 Å². The first-order valence-electron chi connectivity index (χ1n) is 5.13. The average Bonchev–Trinajstić information content (AvgIpc) is 2.18. The molecule has 0 bridgehead atoms. The number of hydrogen-bond acceptors (Lipinski definition) is 2. The molecule has 1 unspecified atom stereocenters. The maximum Gasteiger partial charge on any atom is 0.307 e. The summed E-state index contributed by atoms with van der Waals surface area (Å²) in [6, 6.07) is 7.75. The van der Waals surface area contributed by atoms with Gasteiger partial charge in [-0.15, -0.1) is 0 Å². The van der Waals surface area contributed by atoms with Gasteiger partial charge < -0.3 is 9.84 Å². The zero-order valence-corrected chi connectivity index (χ0v) is 10.5. The predicted molar refractivity (Wildman–Crippen MR) is 63.4 cm³/mol. The third kappa shape index (κ3) is 1.66. The summed E-state index contributed by atoms with van der Waals surface area (Å²) in [5, 5.41) is 9.16. The Labute approximate surface area is 103 Å². The fraction of sp³-hybridized carbons (Fsp3) is 0.417. The molecule has 1 aliphatic rings. The van der Waals surface area contributed by atoms with E-state index >= 15 is 0 Å². The van der Waals surface area contributed by atoms with Crippen LogP contribution in [-0.4, -0.2) is 24.3 Å². The molecule has 1 saturated heterocycles. The Balaban J connectivity index is 2.43. The van der Waals surface area contributed by atoms with Gasteiger partial charge in [-0.1, -0.05) is 41.1 Å². The van der Waals surface area contributed by atoms with E-state index in [4.69, 9.17) is 9.84 Å². The molecule has 0 aliphatic carbocycles. The lowest BCUT2D eigenvalue weighted by molar-refractivity contribution is -0.155. The highest BCUT2D eigenvalue weighted by molar-refractivity contribution is 9.10. The summed E-state index contributed by atoms with van der Waals surface area (Å²) < 4.78 is 6.19. The highest BCUT2D eigenvalue weighted by Crippen LogP contribution is 2.42. The molecule has 1 aromatic carbocycles. The standard InChI is InChI=1S/C12H13BrO3/c1-8(11(14)15)12(6-16-7-12)9-4-2-3-5-10(9)13/h2-5,8H,6-7H2,1H3,(H,14,15). The van der Waals surface area contributed by atoms with E-state index in [1.807, 2.05) is 24.3 Å². The topological polar surface area (TPSA) is 46.5 Å². The van der Waals surface area contributed by atoms with E-state index < -0.39 is 11.9 Å². The number of carboxylic acids is 1. The fourth-order valence-corrected chi connectivity index (χ4v) is 2.74. The molecule has 0 amide bonds. The molecule has 1 aromatic rings. The average molecular weight is 285 g/mol. The molecule has 1 heterocycles. The van der Waals surface area contributed by atoms with Crippen LogP contribution < -0.4 is 0 Å². The first kappa shape index (κ1) is 11.6. The van der Waals surface area contributed by atoms with Crippen LogP contribution in [-0.2, 0) is 14.9 Å². The van der Waals surface area contributed by atoms with Gasteiger partial charge >= 0.3 is 5.97 Å². The molecule has 2 rings (SSSR count). The molecule has 16 heavy (non-hydrogen) atoms. The van der Waals surface area contributed by atoms with E-state index in [-0.39, 0.29) is 5.41 Å². The van der Waals surface area contributed by atoms with Crippen LogP contribution in [0.4, 0.5) is 0 Å². The highest BCUT2D eigenvalue weighted by Gasteiger charge is 2.49. The molecule has 0 radical (unpaired) electrons. The van der Waals surface area contributed by atoms with Gasteiger partial charge in [-0.25, -0.2) is 0 Å². The van der Waals surface area contributed by atoms with E-state index in [2.05, 4.69) is 15.9 Å². The second kappa shape index (κ2) is 4.18. The van der Waals surface area contributed by atoms with Crippen LogP contribution in [0.1, 0.15) is 12.5 Å². The zero-order valence-electron chi connectivity index (χ0n) is 8.94. The van der Waals surface area contributed by atoms with E-state index in [0.717, 1.165) is 10.0 Å². The Kier molecular flexibility index (Phi) is 3.04. The minimum Gasteiger partial charge on any atom is -0.481 e. The summed E-state index contributed by atoms with van der Waals surface area (Å²) in [5.74, 6) is -1.22. The third-order valence-electron chi connectivity index (χ3n) is 3.33. The highest BCUT2D eigenvalue weighted by atomic mass is 79.9. The van der Waals surface area contributed by atoms with Gasteiger partial charge in [0.15, 0.2) is 0 Å². The van der Waals surface area contributed by atoms with Gasteiger partial charge in [0.2, 0.25) is 0 Å². The van der Waals surface area contributed by atoms with Crippen molar-refractivity contribution in [3.05, 3.63) is 34.3 Å². The molecule has 1 fully saturated rings. The molecule has 1 N–H and O–H groups in total. The van der Waals surface area contributed by atoms with Crippen molar-refractivity contribution in [3.63, 3.8) is 0 Å². The Morgan fingerprint density at radius 1 is 1.50 bits per heavy atom. The van der Waals surface area contributed by atoms with Gasteiger partial charge in [-0.3, -0.25) is 4.79 Å².